The van der Waals surface area contributed by atoms with E-state index in [0.29, 0.717) is 11.7 Å². The zero-order chi connectivity index (χ0) is 28.3. The Labute approximate surface area is 242 Å². The lowest BCUT2D eigenvalue weighted by Crippen LogP contribution is -2.46. The monoisotopic (exact) mass is 555 g/mol. The second-order valence-corrected chi connectivity index (χ2v) is 11.5. The molecule has 1 unspecified atom stereocenters. The summed E-state index contributed by atoms with van der Waals surface area (Å²) in [6, 6.07) is 8.80. The van der Waals surface area contributed by atoms with Gasteiger partial charge in [0.1, 0.15) is 11.6 Å². The van der Waals surface area contributed by atoms with Gasteiger partial charge < -0.3 is 9.64 Å². The number of methoxy groups -OCH3 is 1. The molecule has 2 aliphatic rings. The van der Waals surface area contributed by atoms with E-state index in [4.69, 9.17) is 19.7 Å². The molecule has 0 aliphatic carbocycles. The summed E-state index contributed by atoms with van der Waals surface area (Å²) in [4.78, 5) is 26.1. The van der Waals surface area contributed by atoms with Crippen LogP contribution in [0.15, 0.2) is 36.7 Å². The summed E-state index contributed by atoms with van der Waals surface area (Å²) < 4.78 is 7.10. The number of fused-ring (bicyclic) bond motifs is 1. The maximum absolute atomic E-state index is 5.22. The predicted octanol–water partition coefficient (Wildman–Crippen LogP) is 3.34. The van der Waals surface area contributed by atoms with E-state index in [0.717, 1.165) is 106 Å². The third-order valence-electron chi connectivity index (χ3n) is 8.63. The second kappa shape index (κ2) is 12.2. The number of benzene rings is 1. The molecule has 0 spiro atoms. The number of hydrogen-bond donors (Lipinski definition) is 0. The highest BCUT2D eigenvalue weighted by Crippen LogP contribution is 2.28. The normalized spacial score (nSPS) is 18.5. The minimum absolute atomic E-state index is 0.540. The molecule has 0 saturated carbocycles. The van der Waals surface area contributed by atoms with Crippen molar-refractivity contribution in [2.75, 3.05) is 64.4 Å². The van der Waals surface area contributed by atoms with Crippen molar-refractivity contribution in [3.05, 3.63) is 65.0 Å². The first-order valence-electron chi connectivity index (χ1n) is 14.8. The molecule has 0 amide bonds. The maximum Gasteiger partial charge on any atom is 0.252 e. The molecule has 10 heteroatoms. The fourth-order valence-corrected chi connectivity index (χ4v) is 6.16. The lowest BCUT2D eigenvalue weighted by Gasteiger charge is -2.34. The quantitative estimate of drug-likeness (QED) is 0.309. The average molecular weight is 556 g/mol. The highest BCUT2D eigenvalue weighted by atomic mass is 16.5. The van der Waals surface area contributed by atoms with Crippen LogP contribution in [-0.2, 0) is 17.7 Å². The molecule has 2 saturated heterocycles. The smallest absolute Gasteiger partial charge is 0.252 e. The Morgan fingerprint density at radius 1 is 0.902 bits per heavy atom. The molecule has 6 rings (SSSR count). The lowest BCUT2D eigenvalue weighted by atomic mass is 9.96. The van der Waals surface area contributed by atoms with E-state index in [1.807, 2.05) is 23.8 Å². The number of aromatic nitrogens is 6. The van der Waals surface area contributed by atoms with E-state index in [-0.39, 0.29) is 0 Å². The third-order valence-corrected chi connectivity index (χ3v) is 8.63. The molecule has 41 heavy (non-hydrogen) atoms. The van der Waals surface area contributed by atoms with Crippen LogP contribution in [0.3, 0.4) is 0 Å². The van der Waals surface area contributed by atoms with Gasteiger partial charge >= 0.3 is 0 Å². The lowest BCUT2D eigenvalue weighted by molar-refractivity contribution is 0.0938. The fraction of sp³-hybridized carbons (Fsp3) is 0.516. The average Bonchev–Trinajstić information content (AvgIpc) is 3.61. The zero-order valence-electron chi connectivity index (χ0n) is 24.8. The van der Waals surface area contributed by atoms with Gasteiger partial charge in [0.25, 0.3) is 5.78 Å². The Morgan fingerprint density at radius 2 is 1.68 bits per heavy atom. The number of piperazine rings is 1. The SMILES string of the molecule is COCCN1CCN(Cc2ccc(-c3cnc(N4CCC(Cc5c(C)nc6nc(C)nn6c5C)C4)cn3)cc2)CC1. The van der Waals surface area contributed by atoms with Crippen molar-refractivity contribution in [1.82, 2.24) is 39.3 Å². The Bertz CT molecular complexity index is 1460. The van der Waals surface area contributed by atoms with E-state index in [1.54, 1.807) is 7.11 Å². The van der Waals surface area contributed by atoms with E-state index in [9.17, 15) is 0 Å². The molecule has 0 bridgehead atoms. The van der Waals surface area contributed by atoms with Crippen LogP contribution in [0, 0.1) is 26.7 Å². The van der Waals surface area contributed by atoms with Crippen LogP contribution in [0.1, 0.15) is 34.8 Å². The van der Waals surface area contributed by atoms with Crippen molar-refractivity contribution in [1.29, 1.82) is 0 Å². The zero-order valence-corrected chi connectivity index (χ0v) is 24.8. The Morgan fingerprint density at radius 3 is 2.41 bits per heavy atom. The topological polar surface area (TPSA) is 87.8 Å². The van der Waals surface area contributed by atoms with Crippen molar-refractivity contribution in [2.24, 2.45) is 5.92 Å². The summed E-state index contributed by atoms with van der Waals surface area (Å²) in [5.74, 6) is 2.93. The Kier molecular flexibility index (Phi) is 8.23. The molecule has 2 aliphatic heterocycles. The van der Waals surface area contributed by atoms with Gasteiger partial charge in [0.15, 0.2) is 0 Å². The molecule has 2 fully saturated rings. The molecule has 5 heterocycles. The van der Waals surface area contributed by atoms with Crippen LogP contribution < -0.4 is 4.90 Å². The van der Waals surface area contributed by atoms with Crippen LogP contribution in [0.4, 0.5) is 5.82 Å². The van der Waals surface area contributed by atoms with Crippen LogP contribution in [0.2, 0.25) is 0 Å². The van der Waals surface area contributed by atoms with Gasteiger partial charge in [-0.2, -0.15) is 10.1 Å². The van der Waals surface area contributed by atoms with Gasteiger partial charge in [0.05, 0.1) is 24.7 Å². The van der Waals surface area contributed by atoms with Gasteiger partial charge in [0, 0.05) is 76.4 Å². The molecule has 10 nitrogen and oxygen atoms in total. The summed E-state index contributed by atoms with van der Waals surface area (Å²) in [6.07, 6.45) is 5.95. The highest BCUT2D eigenvalue weighted by molar-refractivity contribution is 5.59. The first kappa shape index (κ1) is 27.7. The predicted molar refractivity (Wildman–Crippen MR) is 160 cm³/mol. The van der Waals surface area contributed by atoms with Crippen molar-refractivity contribution >= 4 is 11.6 Å². The largest absolute Gasteiger partial charge is 0.383 e. The molecule has 4 aromatic rings. The van der Waals surface area contributed by atoms with Crippen molar-refractivity contribution in [2.45, 2.75) is 40.2 Å². The first-order chi connectivity index (χ1) is 20.0. The van der Waals surface area contributed by atoms with E-state index >= 15 is 0 Å². The second-order valence-electron chi connectivity index (χ2n) is 11.5. The van der Waals surface area contributed by atoms with E-state index in [2.05, 4.69) is 62.9 Å². The van der Waals surface area contributed by atoms with Crippen LogP contribution in [-0.4, -0.2) is 98.9 Å². The molecule has 3 aromatic heterocycles. The van der Waals surface area contributed by atoms with Gasteiger partial charge in [-0.15, -0.1) is 0 Å². The Hall–Kier alpha value is -3.47. The van der Waals surface area contributed by atoms with Crippen LogP contribution in [0.25, 0.3) is 17.0 Å². The van der Waals surface area contributed by atoms with Crippen molar-refractivity contribution in [3.63, 3.8) is 0 Å². The van der Waals surface area contributed by atoms with Gasteiger partial charge in [-0.1, -0.05) is 24.3 Å². The molecular formula is C31H41N9O. The van der Waals surface area contributed by atoms with Crippen LogP contribution in [0.5, 0.6) is 0 Å². The minimum atomic E-state index is 0.540. The maximum atomic E-state index is 5.22. The van der Waals surface area contributed by atoms with E-state index in [1.165, 1.54) is 11.1 Å². The standard InChI is InChI=1S/C31H41N9O/c1-22-28(23(2)40-31(34-22)35-24(3)36-40)17-26-9-10-39(21-26)30-19-32-29(18-33-30)27-7-5-25(6-8-27)20-38-13-11-37(12-14-38)15-16-41-4/h5-8,18-19,26H,9-17,20-21H2,1-4H3. The minimum Gasteiger partial charge on any atom is -0.383 e. The first-order valence-corrected chi connectivity index (χ1v) is 14.8. The molecule has 1 aromatic carbocycles. The highest BCUT2D eigenvalue weighted by Gasteiger charge is 2.26. The fourth-order valence-electron chi connectivity index (χ4n) is 6.16. The number of nitrogens with zero attached hydrogens (tertiary/aromatic N) is 9. The van der Waals surface area contributed by atoms with Crippen molar-refractivity contribution in [3.8, 4) is 11.3 Å². The summed E-state index contributed by atoms with van der Waals surface area (Å²) >= 11 is 0. The number of ether oxygens (including phenoxy) is 1. The summed E-state index contributed by atoms with van der Waals surface area (Å²) in [7, 11) is 1.77. The summed E-state index contributed by atoms with van der Waals surface area (Å²) in [6.45, 7) is 15.3. The summed E-state index contributed by atoms with van der Waals surface area (Å²) in [5, 5.41) is 4.53. The van der Waals surface area contributed by atoms with Gasteiger partial charge in [-0.25, -0.2) is 14.5 Å². The van der Waals surface area contributed by atoms with E-state index < -0.39 is 0 Å². The summed E-state index contributed by atoms with van der Waals surface area (Å²) in [5.41, 5.74) is 6.83. The third kappa shape index (κ3) is 6.24. The Balaban J connectivity index is 1.03. The van der Waals surface area contributed by atoms with Gasteiger partial charge in [0.2, 0.25) is 0 Å². The number of rotatable bonds is 9. The van der Waals surface area contributed by atoms with Crippen molar-refractivity contribution < 1.29 is 4.74 Å². The molecular weight excluding hydrogens is 514 g/mol. The molecule has 0 N–H and O–H groups in total. The number of aryl methyl sites for hydroxylation is 3. The number of hydrogen-bond acceptors (Lipinski definition) is 9. The van der Waals surface area contributed by atoms with Gasteiger partial charge in [-0.3, -0.25) is 14.8 Å². The number of anilines is 1. The van der Waals surface area contributed by atoms with Crippen LogP contribution >= 0.6 is 0 Å². The van der Waals surface area contributed by atoms with Gasteiger partial charge in [-0.05, 0) is 50.7 Å². The molecule has 0 radical (unpaired) electrons. The molecule has 1 atom stereocenters. The molecule has 216 valence electrons.